The van der Waals surface area contributed by atoms with Crippen LogP contribution in [0.5, 0.6) is 0 Å². The summed E-state index contributed by atoms with van der Waals surface area (Å²) < 4.78 is 2.08. The number of hydrogen-bond acceptors (Lipinski definition) is 4. The zero-order valence-corrected chi connectivity index (χ0v) is 19.8. The second-order valence-electron chi connectivity index (χ2n) is 9.71. The summed E-state index contributed by atoms with van der Waals surface area (Å²) in [5.74, 6) is 1.78. The van der Waals surface area contributed by atoms with E-state index in [1.807, 2.05) is 35.4 Å². The van der Waals surface area contributed by atoms with E-state index in [0.29, 0.717) is 18.9 Å². The minimum atomic E-state index is 0.114. The van der Waals surface area contributed by atoms with Crippen LogP contribution in [0.2, 0.25) is 0 Å². The second kappa shape index (κ2) is 8.09. The molecule has 2 aliphatic rings. The molecule has 1 aliphatic heterocycles. The van der Waals surface area contributed by atoms with Crippen LogP contribution in [0.3, 0.4) is 0 Å². The molecule has 7 rings (SSSR count). The number of benzene rings is 2. The number of nitrogens with two attached hydrogens (primary N) is 1. The molecule has 1 aliphatic carbocycles. The van der Waals surface area contributed by atoms with Crippen LogP contribution in [0.4, 0.5) is 5.82 Å². The summed E-state index contributed by atoms with van der Waals surface area (Å²) in [5, 5.41) is 1.13. The van der Waals surface area contributed by atoms with Crippen molar-refractivity contribution in [3.05, 3.63) is 89.5 Å². The fourth-order valence-corrected chi connectivity index (χ4v) is 5.68. The Morgan fingerprint density at radius 1 is 1.08 bits per heavy atom. The van der Waals surface area contributed by atoms with Crippen molar-refractivity contribution in [3.8, 4) is 11.4 Å². The number of aromatic amines is 1. The number of aromatic nitrogens is 4. The summed E-state index contributed by atoms with van der Waals surface area (Å²) in [7, 11) is 0. The molecule has 7 heteroatoms. The van der Waals surface area contributed by atoms with E-state index in [0.717, 1.165) is 58.5 Å². The van der Waals surface area contributed by atoms with Crippen molar-refractivity contribution >= 4 is 34.2 Å². The summed E-state index contributed by atoms with van der Waals surface area (Å²) in [4.78, 5) is 28.1. The molecule has 1 saturated heterocycles. The van der Waals surface area contributed by atoms with E-state index in [1.54, 1.807) is 6.20 Å². The maximum absolute atomic E-state index is 13.2. The van der Waals surface area contributed by atoms with Gasteiger partial charge in [-0.1, -0.05) is 36.4 Å². The van der Waals surface area contributed by atoms with Crippen molar-refractivity contribution in [1.29, 1.82) is 0 Å². The van der Waals surface area contributed by atoms with Gasteiger partial charge < -0.3 is 15.6 Å². The molecule has 0 saturated carbocycles. The number of H-pyrrole nitrogens is 1. The lowest BCUT2D eigenvalue weighted by molar-refractivity contribution is 0.0711. The number of allylic oxidation sites excluding steroid dienone is 1. The second-order valence-corrected chi connectivity index (χ2v) is 9.71. The Bertz CT molecular complexity index is 1640. The highest BCUT2D eigenvalue weighted by Gasteiger charge is 2.29. The topological polar surface area (TPSA) is 92.3 Å². The molecular formula is C29H26N6O. The molecule has 0 bridgehead atoms. The first-order valence-corrected chi connectivity index (χ1v) is 12.4. The molecule has 0 unspecified atom stereocenters. The van der Waals surface area contributed by atoms with Crippen LogP contribution < -0.4 is 5.73 Å². The average molecular weight is 475 g/mol. The predicted molar refractivity (Wildman–Crippen MR) is 142 cm³/mol. The highest BCUT2D eigenvalue weighted by molar-refractivity contribution is 5.95. The van der Waals surface area contributed by atoms with Gasteiger partial charge in [-0.15, -0.1) is 0 Å². The fraction of sp³-hybridized carbons (Fsp3) is 0.207. The number of amides is 1. The number of anilines is 1. The molecule has 1 amide bonds. The van der Waals surface area contributed by atoms with E-state index in [9.17, 15) is 4.79 Å². The number of likely N-dealkylation sites (tertiary alicyclic amines) is 1. The number of carbonyl (C=O) groups excluding carboxylic acids is 1. The van der Waals surface area contributed by atoms with Gasteiger partial charge in [-0.25, -0.2) is 9.97 Å². The highest BCUT2D eigenvalue weighted by atomic mass is 16.2. The largest absolute Gasteiger partial charge is 0.382 e. The van der Waals surface area contributed by atoms with Gasteiger partial charge in [0.15, 0.2) is 0 Å². The van der Waals surface area contributed by atoms with Gasteiger partial charge in [-0.3, -0.25) is 9.20 Å². The van der Waals surface area contributed by atoms with Gasteiger partial charge in [0.25, 0.3) is 5.91 Å². The number of rotatable bonds is 3. The Morgan fingerprint density at radius 3 is 2.81 bits per heavy atom. The molecule has 4 heterocycles. The highest BCUT2D eigenvalue weighted by Crippen LogP contribution is 2.35. The van der Waals surface area contributed by atoms with Crippen LogP contribution in [-0.2, 0) is 6.42 Å². The predicted octanol–water partition coefficient (Wildman–Crippen LogP) is 5.05. The summed E-state index contributed by atoms with van der Waals surface area (Å²) in [6, 6.07) is 16.4. The van der Waals surface area contributed by atoms with Crippen LogP contribution in [0.15, 0.2) is 67.0 Å². The molecule has 3 aromatic heterocycles. The van der Waals surface area contributed by atoms with Gasteiger partial charge in [0.2, 0.25) is 0 Å². The molecule has 7 nitrogen and oxygen atoms in total. The summed E-state index contributed by atoms with van der Waals surface area (Å²) in [6.07, 6.45) is 10.5. The van der Waals surface area contributed by atoms with Gasteiger partial charge in [-0.2, -0.15) is 0 Å². The quantitative estimate of drug-likeness (QED) is 0.383. The molecule has 3 N–H and O–H groups in total. The SMILES string of the molecule is Nc1nccn2c(C3CCN(C(=O)c4ccc5c(c4)CC=C5)CC3)nc(-c3cc4ccccc4[nH]3)c12. The first-order chi connectivity index (χ1) is 17.7. The Labute approximate surface area is 208 Å². The number of para-hydroxylation sites is 1. The van der Waals surface area contributed by atoms with Crippen molar-refractivity contribution in [2.75, 3.05) is 18.8 Å². The number of nitrogens with one attached hydrogen (secondary N) is 1. The zero-order chi connectivity index (χ0) is 24.2. The van der Waals surface area contributed by atoms with Crippen LogP contribution >= 0.6 is 0 Å². The van der Waals surface area contributed by atoms with E-state index >= 15 is 0 Å². The smallest absolute Gasteiger partial charge is 0.253 e. The zero-order valence-electron chi connectivity index (χ0n) is 19.8. The first kappa shape index (κ1) is 20.9. The maximum atomic E-state index is 13.2. The molecule has 0 radical (unpaired) electrons. The number of carbonyl (C=O) groups is 1. The standard InChI is InChI=1S/C29H26N6O/c30-27-26-25(24-17-21-4-1-2-7-23(21)32-24)33-28(35(26)15-12-31-27)19-10-13-34(14-11-19)29(36)22-9-8-18-5-3-6-20(18)16-22/h1-5,7-9,12,15-17,19,32H,6,10-11,13-14H2,(H2,30,31). The van der Waals surface area contributed by atoms with Crippen molar-refractivity contribution in [2.24, 2.45) is 0 Å². The van der Waals surface area contributed by atoms with Crippen molar-refractivity contribution in [3.63, 3.8) is 0 Å². The van der Waals surface area contributed by atoms with Gasteiger partial charge in [-0.05, 0) is 54.7 Å². The maximum Gasteiger partial charge on any atom is 0.253 e. The number of fused-ring (bicyclic) bond motifs is 3. The molecule has 1 fully saturated rings. The lowest BCUT2D eigenvalue weighted by atomic mass is 9.95. The third-order valence-corrected chi connectivity index (χ3v) is 7.57. The number of imidazole rings is 1. The molecular weight excluding hydrogens is 448 g/mol. The van der Waals surface area contributed by atoms with Gasteiger partial charge >= 0.3 is 0 Å². The molecule has 36 heavy (non-hydrogen) atoms. The average Bonchev–Trinajstić information content (AvgIpc) is 3.64. The van der Waals surface area contributed by atoms with Crippen molar-refractivity contribution < 1.29 is 4.79 Å². The van der Waals surface area contributed by atoms with E-state index in [1.165, 1.54) is 11.1 Å². The fourth-order valence-electron chi connectivity index (χ4n) is 5.68. The molecule has 5 aromatic rings. The number of nitrogens with zero attached hydrogens (tertiary/aromatic N) is 4. The number of hydrogen-bond donors (Lipinski definition) is 2. The Kier molecular flexibility index (Phi) is 4.70. The molecule has 0 spiro atoms. The third-order valence-electron chi connectivity index (χ3n) is 7.57. The Morgan fingerprint density at radius 2 is 1.94 bits per heavy atom. The molecule has 0 atom stereocenters. The van der Waals surface area contributed by atoms with Gasteiger partial charge in [0, 0.05) is 47.9 Å². The van der Waals surface area contributed by atoms with Crippen LogP contribution in [-0.4, -0.2) is 43.2 Å². The van der Waals surface area contributed by atoms with Crippen LogP contribution in [0, 0.1) is 0 Å². The minimum absolute atomic E-state index is 0.114. The van der Waals surface area contributed by atoms with Crippen molar-refractivity contribution in [1.82, 2.24) is 24.3 Å². The Hall–Kier alpha value is -4.39. The monoisotopic (exact) mass is 474 g/mol. The molecule has 178 valence electrons. The van der Waals surface area contributed by atoms with E-state index in [4.69, 9.17) is 10.7 Å². The number of piperidine rings is 1. The van der Waals surface area contributed by atoms with E-state index in [-0.39, 0.29) is 11.8 Å². The van der Waals surface area contributed by atoms with E-state index < -0.39 is 0 Å². The van der Waals surface area contributed by atoms with Crippen LogP contribution in [0.1, 0.15) is 46.1 Å². The Balaban J connectivity index is 1.18. The molecule has 2 aromatic carbocycles. The van der Waals surface area contributed by atoms with E-state index in [2.05, 4.69) is 50.8 Å². The third kappa shape index (κ3) is 3.31. The van der Waals surface area contributed by atoms with Gasteiger partial charge in [0.05, 0.1) is 5.69 Å². The van der Waals surface area contributed by atoms with Crippen molar-refractivity contribution in [2.45, 2.75) is 25.2 Å². The summed E-state index contributed by atoms with van der Waals surface area (Å²) in [6.45, 7) is 1.41. The first-order valence-electron chi connectivity index (χ1n) is 12.4. The summed E-state index contributed by atoms with van der Waals surface area (Å²) in [5.41, 5.74) is 13.2. The number of nitrogen functional groups attached to an aromatic ring is 1. The van der Waals surface area contributed by atoms with Crippen LogP contribution in [0.25, 0.3) is 33.9 Å². The summed E-state index contributed by atoms with van der Waals surface area (Å²) >= 11 is 0. The minimum Gasteiger partial charge on any atom is -0.382 e. The normalized spacial score (nSPS) is 15.7. The lowest BCUT2D eigenvalue weighted by Crippen LogP contribution is -2.38. The lowest BCUT2D eigenvalue weighted by Gasteiger charge is -2.31. The van der Waals surface area contributed by atoms with Gasteiger partial charge in [0.1, 0.15) is 22.9 Å².